The van der Waals surface area contributed by atoms with E-state index in [0.717, 1.165) is 13.2 Å². The Morgan fingerprint density at radius 3 is 2.25 bits per heavy atom. The summed E-state index contributed by atoms with van der Waals surface area (Å²) in [7, 11) is -1.77. The van der Waals surface area contributed by atoms with Gasteiger partial charge in [-0.25, -0.2) is 0 Å². The third-order valence-electron chi connectivity index (χ3n) is 1.93. The molecule has 2 nitrogen and oxygen atoms in total. The Balaban J connectivity index is 2.44. The van der Waals surface area contributed by atoms with E-state index in [-0.39, 0.29) is 0 Å². The highest BCUT2D eigenvalue weighted by atomic mass is 32.4. The predicted octanol–water partition coefficient (Wildman–Crippen LogP) is 2.53. The van der Waals surface area contributed by atoms with Crippen molar-refractivity contribution >= 4 is 18.9 Å². The standard InChI is InChI=1S/C8H18O2SSi/c1-3-9-12(10-4-2)8-6-5-7-11-12/h3-8H2,1-2H3. The van der Waals surface area contributed by atoms with Crippen molar-refractivity contribution in [3.63, 3.8) is 0 Å². The normalized spacial score (nSPS) is 22.5. The van der Waals surface area contributed by atoms with Gasteiger partial charge in [-0.05, 0) is 32.4 Å². The zero-order valence-electron chi connectivity index (χ0n) is 7.97. The van der Waals surface area contributed by atoms with Crippen LogP contribution in [-0.4, -0.2) is 26.7 Å². The minimum atomic E-state index is -1.77. The highest BCUT2D eigenvalue weighted by Crippen LogP contribution is 2.34. The fourth-order valence-corrected chi connectivity index (χ4v) is 7.80. The van der Waals surface area contributed by atoms with Crippen molar-refractivity contribution in [3.05, 3.63) is 0 Å². The Bertz CT molecular complexity index is 111. The van der Waals surface area contributed by atoms with Crippen molar-refractivity contribution in [1.29, 1.82) is 0 Å². The van der Waals surface area contributed by atoms with E-state index in [0.29, 0.717) is 0 Å². The van der Waals surface area contributed by atoms with Gasteiger partial charge in [0.15, 0.2) is 0 Å². The molecule has 1 fully saturated rings. The third-order valence-corrected chi connectivity index (χ3v) is 8.53. The van der Waals surface area contributed by atoms with Crippen LogP contribution in [0.15, 0.2) is 0 Å². The first-order valence-electron chi connectivity index (χ1n) is 4.75. The Kier molecular flexibility index (Phi) is 4.64. The maximum Gasteiger partial charge on any atom is 0.406 e. The second-order valence-corrected chi connectivity index (χ2v) is 8.73. The average molecular weight is 206 g/mol. The van der Waals surface area contributed by atoms with E-state index in [1.807, 2.05) is 11.2 Å². The highest BCUT2D eigenvalue weighted by molar-refractivity contribution is 8.27. The van der Waals surface area contributed by atoms with E-state index in [2.05, 4.69) is 13.8 Å². The molecule has 0 aromatic heterocycles. The smallest absolute Gasteiger partial charge is 0.387 e. The summed E-state index contributed by atoms with van der Waals surface area (Å²) in [6, 6.07) is 1.18. The molecule has 0 bridgehead atoms. The zero-order chi connectivity index (χ0) is 8.86. The second kappa shape index (κ2) is 5.27. The second-order valence-electron chi connectivity index (χ2n) is 2.85. The lowest BCUT2D eigenvalue weighted by atomic mass is 10.4. The molecular weight excluding hydrogens is 188 g/mol. The summed E-state index contributed by atoms with van der Waals surface area (Å²) in [5.41, 5.74) is 0. The van der Waals surface area contributed by atoms with Gasteiger partial charge in [0.05, 0.1) is 0 Å². The van der Waals surface area contributed by atoms with Gasteiger partial charge in [0.2, 0.25) is 0 Å². The maximum atomic E-state index is 5.79. The molecule has 0 N–H and O–H groups in total. The van der Waals surface area contributed by atoms with Gasteiger partial charge < -0.3 is 8.85 Å². The first-order valence-corrected chi connectivity index (χ1v) is 8.48. The minimum Gasteiger partial charge on any atom is -0.387 e. The van der Waals surface area contributed by atoms with Crippen molar-refractivity contribution in [3.8, 4) is 0 Å². The van der Waals surface area contributed by atoms with Crippen LogP contribution in [0.5, 0.6) is 0 Å². The quantitative estimate of drug-likeness (QED) is 0.659. The van der Waals surface area contributed by atoms with E-state index in [9.17, 15) is 0 Å². The van der Waals surface area contributed by atoms with Crippen molar-refractivity contribution in [2.75, 3.05) is 19.0 Å². The van der Waals surface area contributed by atoms with Crippen molar-refractivity contribution < 1.29 is 8.85 Å². The van der Waals surface area contributed by atoms with E-state index < -0.39 is 7.71 Å². The van der Waals surface area contributed by atoms with Crippen LogP contribution in [0.3, 0.4) is 0 Å². The average Bonchev–Trinajstić information content (AvgIpc) is 2.07. The summed E-state index contributed by atoms with van der Waals surface area (Å²) in [5.74, 6) is 1.23. The summed E-state index contributed by atoms with van der Waals surface area (Å²) in [6.07, 6.45) is 2.62. The molecule has 0 unspecified atom stereocenters. The van der Waals surface area contributed by atoms with Crippen LogP contribution in [0.4, 0.5) is 0 Å². The van der Waals surface area contributed by atoms with Crippen LogP contribution in [-0.2, 0) is 8.85 Å². The van der Waals surface area contributed by atoms with Crippen LogP contribution >= 0.6 is 11.2 Å². The minimum absolute atomic E-state index is 0.805. The van der Waals surface area contributed by atoms with Crippen LogP contribution in [0.2, 0.25) is 6.04 Å². The van der Waals surface area contributed by atoms with E-state index >= 15 is 0 Å². The Morgan fingerprint density at radius 2 is 1.83 bits per heavy atom. The van der Waals surface area contributed by atoms with Gasteiger partial charge in [-0.1, -0.05) is 0 Å². The molecule has 4 heteroatoms. The van der Waals surface area contributed by atoms with Crippen molar-refractivity contribution in [1.82, 2.24) is 0 Å². The van der Waals surface area contributed by atoms with Gasteiger partial charge in [-0.15, -0.1) is 11.2 Å². The molecule has 72 valence electrons. The van der Waals surface area contributed by atoms with Crippen LogP contribution < -0.4 is 0 Å². The number of hydrogen-bond donors (Lipinski definition) is 0. The molecule has 0 aromatic carbocycles. The largest absolute Gasteiger partial charge is 0.406 e. The molecule has 0 atom stereocenters. The molecule has 0 radical (unpaired) electrons. The first kappa shape index (κ1) is 10.6. The lowest BCUT2D eigenvalue weighted by molar-refractivity contribution is 0.203. The predicted molar refractivity (Wildman–Crippen MR) is 55.5 cm³/mol. The summed E-state index contributed by atoms with van der Waals surface area (Å²) >= 11 is 1.95. The summed E-state index contributed by atoms with van der Waals surface area (Å²) in [6.45, 7) is 5.73. The maximum absolute atomic E-state index is 5.79. The van der Waals surface area contributed by atoms with Crippen LogP contribution in [0.1, 0.15) is 26.7 Å². The van der Waals surface area contributed by atoms with E-state index in [1.165, 1.54) is 24.6 Å². The van der Waals surface area contributed by atoms with Gasteiger partial charge in [0.25, 0.3) is 0 Å². The Morgan fingerprint density at radius 1 is 1.17 bits per heavy atom. The third kappa shape index (κ3) is 2.76. The van der Waals surface area contributed by atoms with Crippen molar-refractivity contribution in [2.45, 2.75) is 32.7 Å². The SMILES string of the molecule is CCO[Si]1(OCC)CCCCS1. The van der Waals surface area contributed by atoms with Gasteiger partial charge in [0, 0.05) is 19.3 Å². The molecule has 12 heavy (non-hydrogen) atoms. The molecular formula is C8H18O2SSi. The molecule has 0 spiro atoms. The molecule has 0 aliphatic carbocycles. The molecule has 1 aliphatic heterocycles. The van der Waals surface area contributed by atoms with Crippen LogP contribution in [0, 0.1) is 0 Å². The van der Waals surface area contributed by atoms with Gasteiger partial charge in [-0.3, -0.25) is 0 Å². The van der Waals surface area contributed by atoms with E-state index in [1.54, 1.807) is 0 Å². The highest BCUT2D eigenvalue weighted by Gasteiger charge is 2.39. The lowest BCUT2D eigenvalue weighted by Gasteiger charge is -2.31. The van der Waals surface area contributed by atoms with E-state index in [4.69, 9.17) is 8.85 Å². The summed E-state index contributed by atoms with van der Waals surface area (Å²) < 4.78 is 11.6. The molecule has 0 saturated carbocycles. The number of rotatable bonds is 4. The fourth-order valence-electron chi connectivity index (χ4n) is 1.45. The molecule has 0 amide bonds. The summed E-state index contributed by atoms with van der Waals surface area (Å²) in [5, 5.41) is 0. The van der Waals surface area contributed by atoms with Gasteiger partial charge >= 0.3 is 7.71 Å². The molecule has 1 heterocycles. The molecule has 1 rings (SSSR count). The van der Waals surface area contributed by atoms with Crippen LogP contribution in [0.25, 0.3) is 0 Å². The first-order chi connectivity index (χ1) is 5.83. The molecule has 1 aliphatic rings. The molecule has 0 aromatic rings. The summed E-state index contributed by atoms with van der Waals surface area (Å²) in [4.78, 5) is 0. The number of hydrogen-bond acceptors (Lipinski definition) is 3. The topological polar surface area (TPSA) is 18.5 Å². The lowest BCUT2D eigenvalue weighted by Crippen LogP contribution is -2.41. The van der Waals surface area contributed by atoms with Crippen molar-refractivity contribution in [2.24, 2.45) is 0 Å². The van der Waals surface area contributed by atoms with Gasteiger partial charge in [-0.2, -0.15) is 0 Å². The fraction of sp³-hybridized carbons (Fsp3) is 1.00. The zero-order valence-corrected chi connectivity index (χ0v) is 9.78. The monoisotopic (exact) mass is 206 g/mol. The Labute approximate surface area is 79.9 Å². The molecule has 1 saturated heterocycles. The van der Waals surface area contributed by atoms with Gasteiger partial charge in [0.1, 0.15) is 0 Å². The Hall–Kier alpha value is 0.487.